The summed E-state index contributed by atoms with van der Waals surface area (Å²) in [5.41, 5.74) is -4.17. The van der Waals surface area contributed by atoms with Gasteiger partial charge in [0.05, 0.1) is 11.6 Å². The third kappa shape index (κ3) is 3.62. The highest BCUT2D eigenvalue weighted by Crippen LogP contribution is 2.55. The monoisotopic (exact) mass is 468 g/mol. The molecule has 3 aromatic rings. The van der Waals surface area contributed by atoms with Gasteiger partial charge in [-0.15, -0.1) is 0 Å². The number of benzene rings is 2. The zero-order valence-corrected chi connectivity index (χ0v) is 17.6. The van der Waals surface area contributed by atoms with Gasteiger partial charge in [0, 0.05) is 22.7 Å². The van der Waals surface area contributed by atoms with Crippen molar-refractivity contribution < 1.29 is 32.2 Å². The van der Waals surface area contributed by atoms with Crippen LogP contribution in [0.15, 0.2) is 35.1 Å². The Bertz CT molecular complexity index is 1300. The first-order chi connectivity index (χ1) is 15.4. The van der Waals surface area contributed by atoms with Gasteiger partial charge in [-0.25, -0.2) is 8.78 Å². The second kappa shape index (κ2) is 7.72. The minimum Gasteiger partial charge on any atom is -0.505 e. The number of aromatic hydroxyl groups is 1. The van der Waals surface area contributed by atoms with E-state index in [-0.39, 0.29) is 39.7 Å². The zero-order chi connectivity index (χ0) is 24.3. The van der Waals surface area contributed by atoms with Crippen LogP contribution in [0.1, 0.15) is 48.4 Å². The molecular formula is C23H21F5N2O3. The molecule has 0 amide bonds. The van der Waals surface area contributed by atoms with E-state index in [0.29, 0.717) is 0 Å². The van der Waals surface area contributed by atoms with Crippen LogP contribution in [0, 0.1) is 18.6 Å². The third-order valence-electron chi connectivity index (χ3n) is 6.33. The molecule has 4 N–H and O–H groups in total. The molecule has 5 nitrogen and oxygen atoms in total. The minimum atomic E-state index is -5.11. The van der Waals surface area contributed by atoms with Crippen LogP contribution in [-0.2, 0) is 0 Å². The Morgan fingerprint density at radius 3 is 2.55 bits per heavy atom. The van der Waals surface area contributed by atoms with Crippen molar-refractivity contribution in [2.24, 2.45) is 0 Å². The van der Waals surface area contributed by atoms with Crippen LogP contribution in [0.3, 0.4) is 0 Å². The van der Waals surface area contributed by atoms with Crippen LogP contribution in [0.4, 0.5) is 27.6 Å². The molecule has 4 rings (SSSR count). The summed E-state index contributed by atoms with van der Waals surface area (Å²) in [6.07, 6.45) is -5.83. The first kappa shape index (κ1) is 23.0. The number of fused-ring (bicyclic) bond motifs is 2. The van der Waals surface area contributed by atoms with E-state index < -0.39 is 53.1 Å². The number of alkyl halides is 3. The summed E-state index contributed by atoms with van der Waals surface area (Å²) >= 11 is 0. The van der Waals surface area contributed by atoms with Gasteiger partial charge in [0.25, 0.3) is 0 Å². The van der Waals surface area contributed by atoms with Crippen molar-refractivity contribution in [1.82, 2.24) is 4.98 Å². The van der Waals surface area contributed by atoms with E-state index >= 15 is 0 Å². The second-order valence-electron chi connectivity index (χ2n) is 8.40. The van der Waals surface area contributed by atoms with Gasteiger partial charge in [0.1, 0.15) is 5.82 Å². The quantitative estimate of drug-likeness (QED) is 0.400. The summed E-state index contributed by atoms with van der Waals surface area (Å²) in [4.78, 5) is 14.0. The summed E-state index contributed by atoms with van der Waals surface area (Å²) in [5, 5.41) is 24.3. The molecule has 0 radical (unpaired) electrons. The number of aromatic amines is 1. The van der Waals surface area contributed by atoms with Crippen LogP contribution >= 0.6 is 0 Å². The molecular weight excluding hydrogens is 447 g/mol. The summed E-state index contributed by atoms with van der Waals surface area (Å²) in [6, 6.07) is 3.68. The number of rotatable bonds is 3. The van der Waals surface area contributed by atoms with Gasteiger partial charge in [-0.05, 0) is 55.0 Å². The van der Waals surface area contributed by atoms with Crippen LogP contribution in [0.5, 0.6) is 5.75 Å². The Morgan fingerprint density at radius 1 is 1.21 bits per heavy atom. The molecule has 1 heterocycles. The van der Waals surface area contributed by atoms with Crippen LogP contribution in [-0.4, -0.2) is 27.0 Å². The molecule has 0 aliphatic heterocycles. The first-order valence-corrected chi connectivity index (χ1v) is 10.3. The maximum atomic E-state index is 14.5. The Balaban J connectivity index is 1.99. The Labute approximate surface area is 184 Å². The van der Waals surface area contributed by atoms with E-state index in [0.717, 1.165) is 24.3 Å². The Kier molecular flexibility index (Phi) is 5.39. The SMILES string of the molecule is CC[C@@H]1C[C@](O)(C(F)(F)F)[C@@H](Nc2cc(F)cc3[nH]c(=O)ccc23)c2cc(C)c(F)c(O)c21. The largest absolute Gasteiger partial charge is 0.505 e. The topological polar surface area (TPSA) is 85.4 Å². The first-order valence-electron chi connectivity index (χ1n) is 10.3. The molecule has 0 unspecified atom stereocenters. The molecule has 1 aliphatic rings. The predicted octanol–water partition coefficient (Wildman–Crippen LogP) is 5.16. The van der Waals surface area contributed by atoms with Crippen LogP contribution < -0.4 is 10.9 Å². The Morgan fingerprint density at radius 2 is 1.91 bits per heavy atom. The number of phenols is 1. The van der Waals surface area contributed by atoms with Gasteiger partial charge in [-0.3, -0.25) is 4.79 Å². The fraction of sp³-hybridized carbons (Fsp3) is 0.348. The Hall–Kier alpha value is -3.14. The normalized spacial score (nSPS) is 22.9. The number of nitrogens with one attached hydrogen (secondary N) is 2. The van der Waals surface area contributed by atoms with Crippen molar-refractivity contribution >= 4 is 16.6 Å². The maximum Gasteiger partial charge on any atom is 0.419 e. The smallest absolute Gasteiger partial charge is 0.419 e. The second-order valence-corrected chi connectivity index (χ2v) is 8.40. The number of halogens is 5. The van der Waals surface area contributed by atoms with Crippen molar-refractivity contribution in [3.8, 4) is 5.75 Å². The number of aromatic nitrogens is 1. The number of phenolic OH excluding ortho intramolecular Hbond substituents is 1. The van der Waals surface area contributed by atoms with Gasteiger partial charge in [0.2, 0.25) is 5.56 Å². The summed E-state index contributed by atoms with van der Waals surface area (Å²) in [5.74, 6) is -3.51. The number of hydrogen-bond acceptors (Lipinski definition) is 4. The summed E-state index contributed by atoms with van der Waals surface area (Å²) in [6.45, 7) is 2.86. The molecule has 0 bridgehead atoms. The molecule has 0 fully saturated rings. The van der Waals surface area contributed by atoms with E-state index in [1.54, 1.807) is 6.92 Å². The number of H-pyrrole nitrogens is 1. The minimum absolute atomic E-state index is 0.0267. The molecule has 1 aliphatic carbocycles. The number of aliphatic hydroxyl groups is 1. The third-order valence-corrected chi connectivity index (χ3v) is 6.33. The molecule has 2 aromatic carbocycles. The zero-order valence-electron chi connectivity index (χ0n) is 17.6. The molecule has 0 saturated carbocycles. The van der Waals surface area contributed by atoms with E-state index in [1.165, 1.54) is 13.0 Å². The van der Waals surface area contributed by atoms with Crippen molar-refractivity contribution in [1.29, 1.82) is 0 Å². The van der Waals surface area contributed by atoms with Gasteiger partial charge >= 0.3 is 6.18 Å². The lowest BCUT2D eigenvalue weighted by molar-refractivity contribution is -0.272. The molecule has 0 spiro atoms. The van der Waals surface area contributed by atoms with Gasteiger partial charge in [-0.2, -0.15) is 13.2 Å². The number of anilines is 1. The predicted molar refractivity (Wildman–Crippen MR) is 112 cm³/mol. The molecule has 3 atom stereocenters. The van der Waals surface area contributed by atoms with Gasteiger partial charge < -0.3 is 20.5 Å². The average Bonchev–Trinajstić information content (AvgIpc) is 2.72. The lowest BCUT2D eigenvalue weighted by Gasteiger charge is -2.46. The maximum absolute atomic E-state index is 14.5. The van der Waals surface area contributed by atoms with E-state index in [2.05, 4.69) is 10.3 Å². The average molecular weight is 468 g/mol. The molecule has 176 valence electrons. The summed E-state index contributed by atoms with van der Waals surface area (Å²) in [7, 11) is 0. The fourth-order valence-electron chi connectivity index (χ4n) is 4.67. The highest BCUT2D eigenvalue weighted by Gasteiger charge is 2.62. The van der Waals surface area contributed by atoms with Crippen LogP contribution in [0.2, 0.25) is 0 Å². The van der Waals surface area contributed by atoms with E-state index in [4.69, 9.17) is 0 Å². The molecule has 1 aromatic heterocycles. The van der Waals surface area contributed by atoms with Gasteiger partial charge in [-0.1, -0.05) is 13.0 Å². The van der Waals surface area contributed by atoms with Crippen molar-refractivity contribution in [2.45, 2.75) is 50.4 Å². The number of hydrogen-bond donors (Lipinski definition) is 4. The van der Waals surface area contributed by atoms with Crippen molar-refractivity contribution in [2.75, 3.05) is 5.32 Å². The van der Waals surface area contributed by atoms with E-state index in [9.17, 15) is 37.0 Å². The lowest BCUT2D eigenvalue weighted by atomic mass is 9.68. The van der Waals surface area contributed by atoms with Crippen molar-refractivity contribution in [3.63, 3.8) is 0 Å². The standard InChI is InChI=1S/C23H21F5N2O3/c1-3-11-9-22(33,23(26,27)28)21(14-6-10(2)19(25)20(32)18(11)14)30-16-8-12(24)7-15-13(16)4-5-17(31)29-15/h4-8,11,21,30,32-33H,3,9H2,1-2H3,(H,29,31)/t11-,21+,22-/m1/s1. The number of aryl methyl sites for hydroxylation is 1. The molecule has 33 heavy (non-hydrogen) atoms. The van der Waals surface area contributed by atoms with Crippen LogP contribution in [0.25, 0.3) is 10.9 Å². The van der Waals surface area contributed by atoms with Gasteiger partial charge in [0.15, 0.2) is 17.2 Å². The lowest BCUT2D eigenvalue weighted by Crippen LogP contribution is -2.55. The highest BCUT2D eigenvalue weighted by molar-refractivity contribution is 5.91. The number of pyridine rings is 1. The highest BCUT2D eigenvalue weighted by atomic mass is 19.4. The fourth-order valence-corrected chi connectivity index (χ4v) is 4.67. The summed E-state index contributed by atoms with van der Waals surface area (Å²) < 4.78 is 71.5. The van der Waals surface area contributed by atoms with Crippen molar-refractivity contribution in [3.05, 3.63) is 69.0 Å². The molecule has 0 saturated heterocycles. The molecule has 10 heteroatoms. The van der Waals surface area contributed by atoms with E-state index in [1.807, 2.05) is 0 Å².